The number of hydrogen-bond donors (Lipinski definition) is 1. The molecule has 1 aromatic carbocycles. The van der Waals surface area contributed by atoms with Crippen LogP contribution in [-0.4, -0.2) is 28.1 Å². The first-order valence-electron chi connectivity index (χ1n) is 7.56. The molecule has 0 unspecified atom stereocenters. The van der Waals surface area contributed by atoms with Crippen LogP contribution in [-0.2, 0) is 17.7 Å². The number of hydrogen-bond acceptors (Lipinski definition) is 3. The topological polar surface area (TPSA) is 62.4 Å². The molecule has 2 aromatic rings. The Morgan fingerprint density at radius 2 is 2.04 bits per heavy atom. The quantitative estimate of drug-likeness (QED) is 0.812. The van der Waals surface area contributed by atoms with Crippen LogP contribution in [0.2, 0.25) is 0 Å². The van der Waals surface area contributed by atoms with Crippen molar-refractivity contribution in [3.8, 4) is 0 Å². The molecule has 1 N–H and O–H groups in total. The lowest BCUT2D eigenvalue weighted by atomic mass is 9.98. The smallest absolute Gasteiger partial charge is 0.410 e. The number of carbonyl (C=O) groups excluding carboxylic acids is 1. The van der Waals surface area contributed by atoms with Gasteiger partial charge in [0.05, 0.1) is 11.9 Å². The third kappa shape index (κ3) is 3.06. The average molecular weight is 318 g/mol. The molecule has 1 aliphatic heterocycles. The second-order valence-electron chi connectivity index (χ2n) is 6.75. The van der Waals surface area contributed by atoms with Gasteiger partial charge in [-0.1, -0.05) is 6.07 Å². The maximum Gasteiger partial charge on any atom is 0.410 e. The van der Waals surface area contributed by atoms with Gasteiger partial charge in [-0.15, -0.1) is 0 Å². The van der Waals surface area contributed by atoms with Crippen molar-refractivity contribution in [2.75, 3.05) is 6.54 Å². The number of aromatic amines is 1. The summed E-state index contributed by atoms with van der Waals surface area (Å²) < 4.78 is 18.7. The Morgan fingerprint density at radius 1 is 1.30 bits per heavy atom. The number of pyridine rings is 1. The summed E-state index contributed by atoms with van der Waals surface area (Å²) in [5.41, 5.74) is 0.737. The third-order valence-corrected chi connectivity index (χ3v) is 3.81. The lowest BCUT2D eigenvalue weighted by Gasteiger charge is -2.31. The first-order valence-corrected chi connectivity index (χ1v) is 7.56. The molecule has 0 bridgehead atoms. The Morgan fingerprint density at radius 3 is 2.74 bits per heavy atom. The maximum absolute atomic E-state index is 13.4. The summed E-state index contributed by atoms with van der Waals surface area (Å²) in [4.78, 5) is 28.7. The van der Waals surface area contributed by atoms with Gasteiger partial charge in [0.15, 0.2) is 0 Å². The van der Waals surface area contributed by atoms with Gasteiger partial charge < -0.3 is 14.6 Å². The van der Waals surface area contributed by atoms with E-state index in [0.29, 0.717) is 24.0 Å². The second-order valence-corrected chi connectivity index (χ2v) is 6.75. The molecule has 6 heteroatoms. The Balaban J connectivity index is 1.96. The number of nitrogens with zero attached hydrogens (tertiary/aromatic N) is 1. The van der Waals surface area contributed by atoms with Gasteiger partial charge >= 0.3 is 6.09 Å². The molecule has 1 amide bonds. The van der Waals surface area contributed by atoms with Gasteiger partial charge in [0.2, 0.25) is 0 Å². The first-order chi connectivity index (χ1) is 10.7. The Kier molecular flexibility index (Phi) is 3.62. The first kappa shape index (κ1) is 15.5. The summed E-state index contributed by atoms with van der Waals surface area (Å²) in [5.74, 6) is -0.436. The van der Waals surface area contributed by atoms with Crippen LogP contribution < -0.4 is 5.56 Å². The zero-order valence-corrected chi connectivity index (χ0v) is 13.4. The van der Waals surface area contributed by atoms with Crippen molar-refractivity contribution in [1.29, 1.82) is 0 Å². The number of benzene rings is 1. The molecule has 5 nitrogen and oxygen atoms in total. The zero-order chi connectivity index (χ0) is 16.8. The van der Waals surface area contributed by atoms with Crippen molar-refractivity contribution in [2.24, 2.45) is 0 Å². The molecule has 0 saturated heterocycles. The minimum atomic E-state index is -0.564. The van der Waals surface area contributed by atoms with Crippen molar-refractivity contribution < 1.29 is 13.9 Å². The molecule has 1 aromatic heterocycles. The predicted octanol–water partition coefficient (Wildman–Crippen LogP) is 2.96. The molecule has 23 heavy (non-hydrogen) atoms. The number of H-pyrrole nitrogens is 1. The molecule has 1 aliphatic rings. The standard InChI is InChI=1S/C17H19FN2O3/c1-17(2,3)23-16(22)20-7-6-12-11-5-4-10(18)8-13(11)15(21)19-14(12)9-20/h4-5,8H,6-7,9H2,1-3H3,(H,19,21). The van der Waals surface area contributed by atoms with E-state index in [-0.39, 0.29) is 12.1 Å². The average Bonchev–Trinajstić information content (AvgIpc) is 2.45. The largest absolute Gasteiger partial charge is 0.444 e. The Labute approximate surface area is 133 Å². The van der Waals surface area contributed by atoms with E-state index in [9.17, 15) is 14.0 Å². The van der Waals surface area contributed by atoms with Crippen LogP contribution in [0.3, 0.4) is 0 Å². The van der Waals surface area contributed by atoms with Gasteiger partial charge in [-0.25, -0.2) is 9.18 Å². The van der Waals surface area contributed by atoms with Gasteiger partial charge in [0, 0.05) is 12.2 Å². The highest BCUT2D eigenvalue weighted by molar-refractivity contribution is 5.86. The summed E-state index contributed by atoms with van der Waals surface area (Å²) in [6.07, 6.45) is 0.191. The molecule has 0 atom stereocenters. The fourth-order valence-corrected chi connectivity index (χ4v) is 2.83. The van der Waals surface area contributed by atoms with Crippen molar-refractivity contribution in [3.05, 3.63) is 45.6 Å². The van der Waals surface area contributed by atoms with Gasteiger partial charge in [0.25, 0.3) is 5.56 Å². The monoisotopic (exact) mass is 318 g/mol. The minimum Gasteiger partial charge on any atom is -0.444 e. The molecule has 0 radical (unpaired) electrons. The van der Waals surface area contributed by atoms with Gasteiger partial charge in [0.1, 0.15) is 11.4 Å². The van der Waals surface area contributed by atoms with Crippen LogP contribution in [0.25, 0.3) is 10.8 Å². The summed E-state index contributed by atoms with van der Waals surface area (Å²) >= 11 is 0. The van der Waals surface area contributed by atoms with E-state index < -0.39 is 17.5 Å². The maximum atomic E-state index is 13.4. The molecular weight excluding hydrogens is 299 g/mol. The zero-order valence-electron chi connectivity index (χ0n) is 13.4. The number of fused-ring (bicyclic) bond motifs is 3. The van der Waals surface area contributed by atoms with Crippen LogP contribution in [0.5, 0.6) is 0 Å². The highest BCUT2D eigenvalue weighted by Crippen LogP contribution is 2.25. The fourth-order valence-electron chi connectivity index (χ4n) is 2.83. The predicted molar refractivity (Wildman–Crippen MR) is 84.9 cm³/mol. The number of nitrogens with one attached hydrogen (secondary N) is 1. The minimum absolute atomic E-state index is 0.285. The highest BCUT2D eigenvalue weighted by atomic mass is 19.1. The summed E-state index contributed by atoms with van der Waals surface area (Å²) in [6, 6.07) is 4.22. The summed E-state index contributed by atoms with van der Waals surface area (Å²) in [5, 5.41) is 1.09. The van der Waals surface area contributed by atoms with E-state index in [0.717, 1.165) is 10.9 Å². The van der Waals surface area contributed by atoms with Gasteiger partial charge in [-0.3, -0.25) is 4.79 Å². The third-order valence-electron chi connectivity index (χ3n) is 3.81. The van der Waals surface area contributed by atoms with E-state index in [2.05, 4.69) is 4.98 Å². The molecule has 0 spiro atoms. The molecule has 122 valence electrons. The van der Waals surface area contributed by atoms with Crippen molar-refractivity contribution in [1.82, 2.24) is 9.88 Å². The van der Waals surface area contributed by atoms with Crippen molar-refractivity contribution in [2.45, 2.75) is 39.3 Å². The lowest BCUT2D eigenvalue weighted by Crippen LogP contribution is -2.40. The van der Waals surface area contributed by atoms with E-state index in [4.69, 9.17) is 4.74 Å². The number of aromatic nitrogens is 1. The molecule has 0 saturated carbocycles. The number of rotatable bonds is 0. The van der Waals surface area contributed by atoms with Crippen LogP contribution in [0.4, 0.5) is 9.18 Å². The molecular formula is C17H19FN2O3. The van der Waals surface area contributed by atoms with E-state index in [1.54, 1.807) is 11.0 Å². The van der Waals surface area contributed by atoms with Crippen molar-refractivity contribution in [3.63, 3.8) is 0 Å². The number of carbonyl (C=O) groups is 1. The van der Waals surface area contributed by atoms with E-state index in [1.807, 2.05) is 20.8 Å². The van der Waals surface area contributed by atoms with E-state index in [1.165, 1.54) is 12.1 Å². The SMILES string of the molecule is CC(C)(C)OC(=O)N1CCc2c([nH]c(=O)c3cc(F)ccc23)C1. The normalized spacial score (nSPS) is 14.7. The van der Waals surface area contributed by atoms with Gasteiger partial charge in [-0.05, 0) is 50.3 Å². The van der Waals surface area contributed by atoms with Crippen LogP contribution in [0, 0.1) is 5.82 Å². The lowest BCUT2D eigenvalue weighted by molar-refractivity contribution is 0.0221. The van der Waals surface area contributed by atoms with Gasteiger partial charge in [-0.2, -0.15) is 0 Å². The Hall–Kier alpha value is -2.37. The number of halogens is 1. The van der Waals surface area contributed by atoms with Crippen LogP contribution >= 0.6 is 0 Å². The summed E-state index contributed by atoms with van der Waals surface area (Å²) in [7, 11) is 0. The molecule has 0 aliphatic carbocycles. The van der Waals surface area contributed by atoms with Crippen LogP contribution in [0.15, 0.2) is 23.0 Å². The highest BCUT2D eigenvalue weighted by Gasteiger charge is 2.27. The van der Waals surface area contributed by atoms with E-state index >= 15 is 0 Å². The van der Waals surface area contributed by atoms with Crippen LogP contribution in [0.1, 0.15) is 32.0 Å². The Bertz CT molecular complexity index is 836. The molecule has 0 fully saturated rings. The van der Waals surface area contributed by atoms with Crippen molar-refractivity contribution >= 4 is 16.9 Å². The second kappa shape index (κ2) is 5.37. The molecule has 3 rings (SSSR count). The number of ether oxygens (including phenoxy) is 1. The molecule has 2 heterocycles. The fraction of sp³-hybridized carbons (Fsp3) is 0.412. The summed E-state index contributed by atoms with van der Waals surface area (Å²) in [6.45, 7) is 6.22. The number of amides is 1.